The summed E-state index contributed by atoms with van der Waals surface area (Å²) in [5.41, 5.74) is 0. The molecule has 0 amide bonds. The topological polar surface area (TPSA) is 20.2 Å². The predicted molar refractivity (Wildman–Crippen MR) is 27.3 cm³/mol. The Hall–Kier alpha value is 0.690. The summed E-state index contributed by atoms with van der Waals surface area (Å²) in [5.74, 6) is 2.08. The first-order valence-corrected chi connectivity index (χ1v) is 5.87. The standard InChI is InChI=1S/C6H10IO/c8-3-6-5-1-4(5)2-7-6/h4-6,8H,1-3H2/q-1. The molecule has 0 bridgehead atoms. The molecule has 1 heterocycles. The fraction of sp³-hybridized carbons (Fsp3) is 1.00. The van der Waals surface area contributed by atoms with Crippen LogP contribution >= 0.6 is 0 Å². The van der Waals surface area contributed by atoms with Crippen LogP contribution in [0.1, 0.15) is 6.42 Å². The van der Waals surface area contributed by atoms with Crippen molar-refractivity contribution in [1.82, 2.24) is 0 Å². The summed E-state index contributed by atoms with van der Waals surface area (Å²) in [6, 6.07) is 0. The van der Waals surface area contributed by atoms with Crippen molar-refractivity contribution < 1.29 is 26.3 Å². The summed E-state index contributed by atoms with van der Waals surface area (Å²) in [4.78, 5) is 0. The number of hydrogen-bond donors (Lipinski definition) is 1. The first-order chi connectivity index (χ1) is 3.92. The minimum atomic E-state index is 0.436. The molecule has 1 aliphatic carbocycles. The molecule has 0 radical (unpaired) electrons. The van der Waals surface area contributed by atoms with E-state index in [-0.39, 0.29) is 0 Å². The number of alkyl halides is 2. The van der Waals surface area contributed by atoms with E-state index in [1.165, 1.54) is 10.8 Å². The second-order valence-corrected chi connectivity index (χ2v) is 6.03. The molecule has 0 aromatic heterocycles. The first-order valence-electron chi connectivity index (χ1n) is 3.10. The van der Waals surface area contributed by atoms with E-state index < -0.39 is 0 Å². The molecule has 2 rings (SSSR count). The summed E-state index contributed by atoms with van der Waals surface area (Å²) in [7, 11) is 0. The van der Waals surface area contributed by atoms with Crippen LogP contribution in [0.5, 0.6) is 0 Å². The molecule has 0 aromatic carbocycles. The molecule has 0 spiro atoms. The van der Waals surface area contributed by atoms with Crippen LogP contribution in [0.3, 0.4) is 0 Å². The van der Waals surface area contributed by atoms with Gasteiger partial charge in [0.15, 0.2) is 0 Å². The van der Waals surface area contributed by atoms with Crippen molar-refractivity contribution in [3.8, 4) is 0 Å². The van der Waals surface area contributed by atoms with Crippen molar-refractivity contribution in [1.29, 1.82) is 0 Å². The normalized spacial score (nSPS) is 52.4. The Morgan fingerprint density at radius 3 is 2.75 bits per heavy atom. The summed E-state index contributed by atoms with van der Waals surface area (Å²) >= 11 is 0.436. The van der Waals surface area contributed by atoms with Crippen LogP contribution in [0.15, 0.2) is 0 Å². The van der Waals surface area contributed by atoms with Crippen molar-refractivity contribution in [2.75, 3.05) is 11.0 Å². The number of halogens is 1. The number of hydrogen-bond acceptors (Lipinski definition) is 1. The van der Waals surface area contributed by atoms with Gasteiger partial charge in [-0.2, -0.15) is 0 Å². The van der Waals surface area contributed by atoms with E-state index in [1.54, 1.807) is 0 Å². The number of aliphatic hydroxyl groups is 1. The molecule has 2 fully saturated rings. The molecule has 1 saturated carbocycles. The van der Waals surface area contributed by atoms with Gasteiger partial charge in [0.1, 0.15) is 0 Å². The zero-order valence-corrected chi connectivity index (χ0v) is 6.84. The van der Waals surface area contributed by atoms with Gasteiger partial charge >= 0.3 is 59.5 Å². The second kappa shape index (κ2) is 1.84. The molecule has 0 aromatic rings. The van der Waals surface area contributed by atoms with Crippen molar-refractivity contribution in [2.24, 2.45) is 11.8 Å². The van der Waals surface area contributed by atoms with Crippen LogP contribution in [0.25, 0.3) is 0 Å². The molecule has 1 N–H and O–H groups in total. The van der Waals surface area contributed by atoms with Crippen molar-refractivity contribution >= 4 is 0 Å². The van der Waals surface area contributed by atoms with Gasteiger partial charge < -0.3 is 0 Å². The van der Waals surface area contributed by atoms with Crippen molar-refractivity contribution in [3.05, 3.63) is 0 Å². The van der Waals surface area contributed by atoms with E-state index in [2.05, 4.69) is 0 Å². The Bertz CT molecular complexity index is 105. The molecule has 48 valence electrons. The Balaban J connectivity index is 1.97. The Labute approximate surface area is 59.7 Å². The molecule has 2 heteroatoms. The molecule has 1 aliphatic heterocycles. The van der Waals surface area contributed by atoms with Gasteiger partial charge in [0, 0.05) is 0 Å². The number of fused-ring (bicyclic) bond motifs is 1. The van der Waals surface area contributed by atoms with E-state index in [4.69, 9.17) is 5.11 Å². The maximum absolute atomic E-state index is 8.79. The average molecular weight is 225 g/mol. The van der Waals surface area contributed by atoms with Crippen LogP contribution in [-0.4, -0.2) is 20.1 Å². The van der Waals surface area contributed by atoms with Gasteiger partial charge in [0.05, 0.1) is 0 Å². The average Bonchev–Trinajstić information content (AvgIpc) is 2.46. The third-order valence-electron chi connectivity index (χ3n) is 2.10. The van der Waals surface area contributed by atoms with Gasteiger partial charge in [0.25, 0.3) is 0 Å². The molecular weight excluding hydrogens is 215 g/mol. The third kappa shape index (κ3) is 0.692. The predicted octanol–water partition coefficient (Wildman–Crippen LogP) is -2.91. The van der Waals surface area contributed by atoms with Crippen LogP contribution in [-0.2, 0) is 0 Å². The van der Waals surface area contributed by atoms with Crippen LogP contribution in [0.4, 0.5) is 0 Å². The second-order valence-electron chi connectivity index (χ2n) is 2.67. The first kappa shape index (κ1) is 5.47. The summed E-state index contributed by atoms with van der Waals surface area (Å²) in [6.45, 7) is 0.494. The van der Waals surface area contributed by atoms with Crippen molar-refractivity contribution in [3.63, 3.8) is 0 Å². The van der Waals surface area contributed by atoms with Gasteiger partial charge in [-0.15, -0.1) is 0 Å². The zero-order valence-electron chi connectivity index (χ0n) is 4.68. The van der Waals surface area contributed by atoms with Crippen LogP contribution < -0.4 is 21.2 Å². The fourth-order valence-corrected chi connectivity index (χ4v) is 5.55. The van der Waals surface area contributed by atoms with E-state index in [1.807, 2.05) is 0 Å². The SMILES string of the molecule is OCC1[I-]CC2CC21. The van der Waals surface area contributed by atoms with Crippen LogP contribution in [0, 0.1) is 11.8 Å². The van der Waals surface area contributed by atoms with E-state index >= 15 is 0 Å². The summed E-state index contributed by atoms with van der Waals surface area (Å²) in [6.07, 6.45) is 1.45. The van der Waals surface area contributed by atoms with Gasteiger partial charge in [-0.3, -0.25) is 0 Å². The van der Waals surface area contributed by atoms with Crippen LogP contribution in [0.2, 0.25) is 0 Å². The summed E-state index contributed by atoms with van der Waals surface area (Å²) in [5, 5.41) is 8.79. The zero-order chi connectivity index (χ0) is 5.56. The molecule has 3 unspecified atom stereocenters. The molecular formula is C6H10IO-. The molecule has 8 heavy (non-hydrogen) atoms. The number of rotatable bonds is 1. The monoisotopic (exact) mass is 225 g/mol. The van der Waals surface area contributed by atoms with Gasteiger partial charge in [-0.1, -0.05) is 0 Å². The Kier molecular flexibility index (Phi) is 1.26. The maximum atomic E-state index is 8.79. The van der Waals surface area contributed by atoms with Gasteiger partial charge in [0.2, 0.25) is 0 Å². The van der Waals surface area contributed by atoms with E-state index in [0.717, 1.165) is 15.8 Å². The van der Waals surface area contributed by atoms with Gasteiger partial charge in [-0.25, -0.2) is 0 Å². The number of aliphatic hydroxyl groups excluding tert-OH is 1. The quantitative estimate of drug-likeness (QED) is 0.374. The van der Waals surface area contributed by atoms with E-state index in [0.29, 0.717) is 27.8 Å². The van der Waals surface area contributed by atoms with Gasteiger partial charge in [-0.05, 0) is 0 Å². The Morgan fingerprint density at radius 1 is 1.62 bits per heavy atom. The Morgan fingerprint density at radius 2 is 2.50 bits per heavy atom. The summed E-state index contributed by atoms with van der Waals surface area (Å²) < 4.78 is 2.31. The third-order valence-corrected chi connectivity index (χ3v) is 6.19. The van der Waals surface area contributed by atoms with Crippen molar-refractivity contribution in [2.45, 2.75) is 10.3 Å². The molecule has 1 nitrogen and oxygen atoms in total. The fourth-order valence-electron chi connectivity index (χ4n) is 1.42. The molecule has 2 aliphatic rings. The molecule has 1 saturated heterocycles. The molecule has 3 atom stereocenters. The minimum absolute atomic E-state index is 0.436. The van der Waals surface area contributed by atoms with E-state index in [9.17, 15) is 0 Å².